The normalized spacial score (nSPS) is 21.3. The van der Waals surface area contributed by atoms with Gasteiger partial charge in [0.25, 0.3) is 6.43 Å². The van der Waals surface area contributed by atoms with Crippen LogP contribution in [-0.2, 0) is 0 Å². The molecule has 2 aliphatic heterocycles. The van der Waals surface area contributed by atoms with E-state index in [1.807, 2.05) is 15.8 Å². The van der Waals surface area contributed by atoms with E-state index in [1.54, 1.807) is 12.4 Å². The minimum Gasteiger partial charge on any atom is -0.393 e. The van der Waals surface area contributed by atoms with Crippen LogP contribution in [0.2, 0.25) is 0 Å². The van der Waals surface area contributed by atoms with E-state index < -0.39 is 6.43 Å². The molecule has 6 rings (SSSR count). The highest BCUT2D eigenvalue weighted by molar-refractivity contribution is 5.90. The minimum atomic E-state index is -2.67. The van der Waals surface area contributed by atoms with Crippen molar-refractivity contribution < 1.29 is 13.9 Å². The fourth-order valence-corrected chi connectivity index (χ4v) is 5.54. The summed E-state index contributed by atoms with van der Waals surface area (Å²) in [5.41, 5.74) is 1.12. The second kappa shape index (κ2) is 8.09. The van der Waals surface area contributed by atoms with E-state index >= 15 is 0 Å². The van der Waals surface area contributed by atoms with Gasteiger partial charge in [-0.15, -0.1) is 0 Å². The third-order valence-electron chi connectivity index (χ3n) is 7.40. The van der Waals surface area contributed by atoms with E-state index in [2.05, 4.69) is 37.3 Å². The van der Waals surface area contributed by atoms with Crippen LogP contribution in [0, 0.1) is 5.41 Å². The molecule has 0 amide bonds. The molecule has 1 aliphatic carbocycles. The molecule has 0 unspecified atom stereocenters. The van der Waals surface area contributed by atoms with E-state index in [1.165, 1.54) is 6.07 Å². The van der Waals surface area contributed by atoms with Crippen molar-refractivity contribution in [3.05, 3.63) is 30.4 Å². The lowest BCUT2D eigenvalue weighted by Crippen LogP contribution is -2.64. The Bertz CT molecular complexity index is 1190. The zero-order valence-corrected chi connectivity index (χ0v) is 19.0. The summed E-state index contributed by atoms with van der Waals surface area (Å²) in [7, 11) is 2.13. The monoisotopic (exact) mass is 470 g/mol. The molecule has 3 fully saturated rings. The van der Waals surface area contributed by atoms with Crippen molar-refractivity contribution in [3.63, 3.8) is 0 Å². The number of likely N-dealkylation sites (tertiary alicyclic amines) is 1. The first kappa shape index (κ1) is 21.6. The maximum Gasteiger partial charge on any atom is 0.280 e. The van der Waals surface area contributed by atoms with E-state index in [4.69, 9.17) is 0 Å². The van der Waals surface area contributed by atoms with Crippen LogP contribution in [0.3, 0.4) is 0 Å². The first-order valence-electron chi connectivity index (χ1n) is 11.8. The van der Waals surface area contributed by atoms with Gasteiger partial charge in [-0.1, -0.05) is 0 Å². The first-order valence-corrected chi connectivity index (χ1v) is 11.8. The number of aliphatic hydroxyl groups excluding tert-OH is 1. The molecule has 2 saturated heterocycles. The van der Waals surface area contributed by atoms with E-state index in [0.717, 1.165) is 44.5 Å². The molecule has 0 aromatic carbocycles. The molecule has 3 aromatic rings. The zero-order valence-electron chi connectivity index (χ0n) is 19.0. The molecular formula is C23H28F2N8O. The number of nitrogens with one attached hydrogen (secondary N) is 1. The summed E-state index contributed by atoms with van der Waals surface area (Å²) in [5.74, 6) is 0.824. The number of hydrogen-bond acceptors (Lipinski definition) is 8. The Morgan fingerprint density at radius 1 is 1.15 bits per heavy atom. The number of hydrogen-bond donors (Lipinski definition) is 2. The van der Waals surface area contributed by atoms with Gasteiger partial charge in [-0.2, -0.15) is 5.10 Å². The van der Waals surface area contributed by atoms with Crippen molar-refractivity contribution in [3.8, 4) is 0 Å². The summed E-state index contributed by atoms with van der Waals surface area (Å²) in [4.78, 5) is 17.6. The van der Waals surface area contributed by atoms with E-state index in [-0.39, 0.29) is 17.2 Å². The summed E-state index contributed by atoms with van der Waals surface area (Å²) in [5, 5.41) is 17.9. The van der Waals surface area contributed by atoms with Gasteiger partial charge in [-0.05, 0) is 51.9 Å². The number of alkyl halides is 2. The lowest BCUT2D eigenvalue weighted by molar-refractivity contribution is -0.0493. The molecule has 1 spiro atoms. The number of nitrogens with zero attached hydrogens (tertiary/aromatic N) is 7. The molecule has 1 saturated carbocycles. The van der Waals surface area contributed by atoms with Crippen molar-refractivity contribution in [2.24, 2.45) is 5.41 Å². The molecule has 3 aliphatic rings. The second-order valence-corrected chi connectivity index (χ2v) is 10.1. The maximum absolute atomic E-state index is 13.5. The largest absolute Gasteiger partial charge is 0.393 e. The van der Waals surface area contributed by atoms with Gasteiger partial charge in [0, 0.05) is 36.3 Å². The number of aliphatic hydroxyl groups is 1. The van der Waals surface area contributed by atoms with Crippen molar-refractivity contribution in [1.82, 2.24) is 29.6 Å². The summed E-state index contributed by atoms with van der Waals surface area (Å²) in [6.07, 6.45) is 5.96. The number of fused-ring (bicyclic) bond motifs is 1. The molecule has 3 aromatic heterocycles. The van der Waals surface area contributed by atoms with Crippen LogP contribution >= 0.6 is 0 Å². The summed E-state index contributed by atoms with van der Waals surface area (Å²) < 4.78 is 29.0. The molecule has 9 nitrogen and oxygen atoms in total. The predicted molar refractivity (Wildman–Crippen MR) is 123 cm³/mol. The lowest BCUT2D eigenvalue weighted by Gasteiger charge is -2.58. The lowest BCUT2D eigenvalue weighted by atomic mass is 9.62. The van der Waals surface area contributed by atoms with Crippen molar-refractivity contribution in [2.75, 3.05) is 43.4 Å². The highest BCUT2D eigenvalue weighted by Gasteiger charge is 2.52. The Morgan fingerprint density at radius 2 is 1.91 bits per heavy atom. The molecule has 2 N–H and O–H groups in total. The Balaban J connectivity index is 1.25. The van der Waals surface area contributed by atoms with Crippen LogP contribution in [0.25, 0.3) is 10.9 Å². The standard InChI is InChI=1S/C23H28F2N8O/c1-31-4-2-16(3-5-31)33-11-15(10-27-33)28-22-26-9-14-6-18(20(24)25)29-21(19(14)30-22)32-12-23(13-32)7-17(34)8-23/h6,9-11,16-17,20,34H,2-5,7-8,12-13H2,1H3,(H,26,28,30). The Labute approximate surface area is 195 Å². The van der Waals surface area contributed by atoms with Crippen LogP contribution in [0.5, 0.6) is 0 Å². The Morgan fingerprint density at radius 3 is 2.62 bits per heavy atom. The fraction of sp³-hybridized carbons (Fsp3) is 0.565. The molecule has 11 heteroatoms. The highest BCUT2D eigenvalue weighted by atomic mass is 19.3. The van der Waals surface area contributed by atoms with Gasteiger partial charge in [0.05, 0.1) is 24.0 Å². The van der Waals surface area contributed by atoms with Crippen LogP contribution < -0.4 is 10.2 Å². The van der Waals surface area contributed by atoms with Gasteiger partial charge >= 0.3 is 0 Å². The smallest absolute Gasteiger partial charge is 0.280 e. The quantitative estimate of drug-likeness (QED) is 0.587. The number of pyridine rings is 1. The third-order valence-corrected chi connectivity index (χ3v) is 7.40. The van der Waals surface area contributed by atoms with Gasteiger partial charge in [0.15, 0.2) is 5.82 Å². The molecule has 5 heterocycles. The van der Waals surface area contributed by atoms with Crippen molar-refractivity contribution >= 4 is 28.4 Å². The van der Waals surface area contributed by atoms with E-state index in [9.17, 15) is 13.9 Å². The molecule has 180 valence electrons. The first-order chi connectivity index (χ1) is 16.4. The fourth-order valence-electron chi connectivity index (χ4n) is 5.54. The SMILES string of the molecule is CN1CCC(n2cc(Nc3ncc4cc(C(F)F)nc(N5CC6(CC(O)C6)C5)c4n3)cn2)CC1. The molecule has 0 radical (unpaired) electrons. The summed E-state index contributed by atoms with van der Waals surface area (Å²) in [6.45, 7) is 3.48. The second-order valence-electron chi connectivity index (χ2n) is 10.1. The van der Waals surface area contributed by atoms with Gasteiger partial charge in [-0.25, -0.2) is 23.7 Å². The predicted octanol–water partition coefficient (Wildman–Crippen LogP) is 3.13. The van der Waals surface area contributed by atoms with Gasteiger partial charge < -0.3 is 20.2 Å². The maximum atomic E-state index is 13.5. The van der Waals surface area contributed by atoms with Gasteiger partial charge in [0.1, 0.15) is 11.2 Å². The van der Waals surface area contributed by atoms with Crippen molar-refractivity contribution in [1.29, 1.82) is 0 Å². The zero-order chi connectivity index (χ0) is 23.4. The average molecular weight is 471 g/mol. The molecule has 34 heavy (non-hydrogen) atoms. The van der Waals surface area contributed by atoms with Crippen LogP contribution in [0.15, 0.2) is 24.7 Å². The van der Waals surface area contributed by atoms with Crippen LogP contribution in [0.1, 0.15) is 43.8 Å². The Kier molecular flexibility index (Phi) is 5.14. The number of halogens is 2. The van der Waals surface area contributed by atoms with E-state index in [0.29, 0.717) is 41.8 Å². The van der Waals surface area contributed by atoms with Gasteiger partial charge in [-0.3, -0.25) is 4.68 Å². The molecule has 0 atom stereocenters. The van der Waals surface area contributed by atoms with Crippen LogP contribution in [0.4, 0.5) is 26.2 Å². The average Bonchev–Trinajstić information content (AvgIpc) is 3.23. The van der Waals surface area contributed by atoms with Gasteiger partial charge in [0.2, 0.25) is 5.95 Å². The number of anilines is 3. The molecule has 0 bridgehead atoms. The van der Waals surface area contributed by atoms with Crippen LogP contribution in [-0.4, -0.2) is 74.1 Å². The highest BCUT2D eigenvalue weighted by Crippen LogP contribution is 2.50. The van der Waals surface area contributed by atoms with Crippen molar-refractivity contribution in [2.45, 2.75) is 44.3 Å². The topological polar surface area (TPSA) is 95.2 Å². The number of aromatic nitrogens is 5. The number of piperidine rings is 1. The molecular weight excluding hydrogens is 442 g/mol. The minimum absolute atomic E-state index is 0.0743. The summed E-state index contributed by atoms with van der Waals surface area (Å²) >= 11 is 0. The number of rotatable bonds is 5. The Hall–Kier alpha value is -2.92. The summed E-state index contributed by atoms with van der Waals surface area (Å²) in [6, 6.07) is 1.73. The third kappa shape index (κ3) is 3.86.